The fraction of sp³-hybridized carbons (Fsp3) is 0.133. The van der Waals surface area contributed by atoms with Gasteiger partial charge in [0.15, 0.2) is 5.78 Å². The molecule has 0 bridgehead atoms. The first-order valence-corrected chi connectivity index (χ1v) is 5.98. The normalized spacial score (nSPS) is 17.6. The zero-order valence-corrected chi connectivity index (χ0v) is 10.2. The molecule has 2 nitrogen and oxygen atoms in total. The van der Waals surface area contributed by atoms with Gasteiger partial charge < -0.3 is 4.74 Å². The Hall–Kier alpha value is -2.30. The minimum absolute atomic E-state index is 0.0840. The summed E-state index contributed by atoms with van der Waals surface area (Å²) in [6.07, 6.45) is -0.857. The lowest BCUT2D eigenvalue weighted by Crippen LogP contribution is -2.20. The van der Waals surface area contributed by atoms with Crippen LogP contribution in [0.2, 0.25) is 0 Å². The summed E-state index contributed by atoms with van der Waals surface area (Å²) in [5, 5.41) is 0. The Balaban J connectivity index is 1.99. The van der Waals surface area contributed by atoms with Crippen molar-refractivity contribution in [2.24, 2.45) is 0 Å². The molecule has 1 aliphatic rings. The quantitative estimate of drug-likeness (QED) is 0.793. The molecule has 1 aliphatic heterocycles. The zero-order chi connectivity index (χ0) is 14.3. The molecular weight excluding hydrogens is 269 g/mol. The van der Waals surface area contributed by atoms with E-state index < -0.39 is 23.6 Å². The molecule has 0 radical (unpaired) electrons. The maximum atomic E-state index is 13.2. The summed E-state index contributed by atoms with van der Waals surface area (Å²) in [5.74, 6) is -2.10. The van der Waals surface area contributed by atoms with Crippen molar-refractivity contribution in [2.75, 3.05) is 0 Å². The van der Waals surface area contributed by atoms with Crippen LogP contribution in [0.1, 0.15) is 28.4 Å². The van der Waals surface area contributed by atoms with Crippen LogP contribution in [0.3, 0.4) is 0 Å². The Bertz CT molecular complexity index is 677. The molecule has 0 aromatic heterocycles. The highest BCUT2D eigenvalue weighted by Crippen LogP contribution is 2.35. The predicted molar refractivity (Wildman–Crippen MR) is 65.1 cm³/mol. The van der Waals surface area contributed by atoms with Crippen molar-refractivity contribution in [2.45, 2.75) is 12.5 Å². The highest BCUT2D eigenvalue weighted by molar-refractivity contribution is 6.00. The number of carbonyl (C=O) groups excluding carboxylic acids is 1. The third kappa shape index (κ3) is 2.27. The standard InChI is InChI=1S/C15H9F3O2/c16-9-1-2-14-12(6-9)13(19)7-15(20-14)8-3-10(17)5-11(18)4-8/h1-6,15H,7H2. The van der Waals surface area contributed by atoms with Gasteiger partial charge in [0, 0.05) is 6.07 Å². The Morgan fingerprint density at radius 2 is 1.65 bits per heavy atom. The van der Waals surface area contributed by atoms with E-state index in [9.17, 15) is 18.0 Å². The van der Waals surface area contributed by atoms with Gasteiger partial charge in [0.05, 0.1) is 12.0 Å². The average Bonchev–Trinajstić information content (AvgIpc) is 2.38. The molecule has 3 rings (SSSR count). The average molecular weight is 278 g/mol. The summed E-state index contributed by atoms with van der Waals surface area (Å²) in [6, 6.07) is 6.59. The highest BCUT2D eigenvalue weighted by atomic mass is 19.1. The van der Waals surface area contributed by atoms with Gasteiger partial charge in [-0.25, -0.2) is 13.2 Å². The first-order valence-electron chi connectivity index (χ1n) is 5.98. The largest absolute Gasteiger partial charge is 0.484 e. The molecule has 2 aromatic carbocycles. The summed E-state index contributed by atoms with van der Waals surface area (Å²) in [5.41, 5.74) is 0.393. The van der Waals surface area contributed by atoms with Gasteiger partial charge >= 0.3 is 0 Å². The van der Waals surface area contributed by atoms with Crippen molar-refractivity contribution in [1.29, 1.82) is 0 Å². The lowest BCUT2D eigenvalue weighted by atomic mass is 9.96. The molecule has 0 amide bonds. The van der Waals surface area contributed by atoms with Gasteiger partial charge in [-0.1, -0.05) is 0 Å². The maximum absolute atomic E-state index is 13.2. The molecule has 0 aliphatic carbocycles. The van der Waals surface area contributed by atoms with E-state index in [1.807, 2.05) is 0 Å². The van der Waals surface area contributed by atoms with E-state index in [1.165, 1.54) is 12.1 Å². The van der Waals surface area contributed by atoms with Crippen molar-refractivity contribution in [3.63, 3.8) is 0 Å². The van der Waals surface area contributed by atoms with Gasteiger partial charge in [0.1, 0.15) is 29.3 Å². The lowest BCUT2D eigenvalue weighted by Gasteiger charge is -2.25. The molecule has 20 heavy (non-hydrogen) atoms. The molecule has 0 N–H and O–H groups in total. The van der Waals surface area contributed by atoms with Crippen molar-refractivity contribution >= 4 is 5.78 Å². The minimum atomic E-state index is -0.773. The van der Waals surface area contributed by atoms with Crippen LogP contribution in [0.4, 0.5) is 13.2 Å². The molecule has 2 aromatic rings. The van der Waals surface area contributed by atoms with Gasteiger partial charge in [-0.3, -0.25) is 4.79 Å². The van der Waals surface area contributed by atoms with Crippen LogP contribution in [0.5, 0.6) is 5.75 Å². The van der Waals surface area contributed by atoms with Crippen molar-refractivity contribution < 1.29 is 22.7 Å². The Morgan fingerprint density at radius 1 is 0.950 bits per heavy atom. The van der Waals surface area contributed by atoms with Crippen LogP contribution >= 0.6 is 0 Å². The summed E-state index contributed by atoms with van der Waals surface area (Å²) >= 11 is 0. The number of hydrogen-bond donors (Lipinski definition) is 0. The van der Waals surface area contributed by atoms with E-state index in [-0.39, 0.29) is 29.1 Å². The van der Waals surface area contributed by atoms with Gasteiger partial charge in [-0.05, 0) is 35.9 Å². The lowest BCUT2D eigenvalue weighted by molar-refractivity contribution is 0.0848. The molecular formula is C15H9F3O2. The van der Waals surface area contributed by atoms with Gasteiger partial charge in [-0.15, -0.1) is 0 Å². The SMILES string of the molecule is O=C1CC(c2cc(F)cc(F)c2)Oc2ccc(F)cc21. The molecule has 0 saturated carbocycles. The summed E-state index contributed by atoms with van der Waals surface area (Å²) in [4.78, 5) is 12.0. The molecule has 1 unspecified atom stereocenters. The Morgan fingerprint density at radius 3 is 2.35 bits per heavy atom. The number of hydrogen-bond acceptors (Lipinski definition) is 2. The second-order valence-electron chi connectivity index (χ2n) is 4.58. The molecule has 0 fully saturated rings. The fourth-order valence-electron chi connectivity index (χ4n) is 2.24. The first-order chi connectivity index (χ1) is 9.52. The van der Waals surface area contributed by atoms with Crippen LogP contribution < -0.4 is 4.74 Å². The number of ether oxygens (including phenoxy) is 1. The predicted octanol–water partition coefficient (Wildman–Crippen LogP) is 3.81. The van der Waals surface area contributed by atoms with Gasteiger partial charge in [-0.2, -0.15) is 0 Å². The monoisotopic (exact) mass is 278 g/mol. The van der Waals surface area contributed by atoms with Crippen LogP contribution in [0, 0.1) is 17.5 Å². The number of rotatable bonds is 1. The van der Waals surface area contributed by atoms with Crippen molar-refractivity contribution in [3.8, 4) is 5.75 Å². The Kier molecular flexibility index (Phi) is 2.97. The number of fused-ring (bicyclic) bond motifs is 1. The first kappa shape index (κ1) is 12.7. The van der Waals surface area contributed by atoms with Gasteiger partial charge in [0.2, 0.25) is 0 Å². The van der Waals surface area contributed by atoms with E-state index in [0.717, 1.165) is 24.3 Å². The molecule has 0 spiro atoms. The number of ketones is 1. The summed E-state index contributed by atoms with van der Waals surface area (Å²) < 4.78 is 45.0. The fourth-order valence-corrected chi connectivity index (χ4v) is 2.24. The Labute approximate surface area is 112 Å². The van der Waals surface area contributed by atoms with Crippen LogP contribution in [0.15, 0.2) is 36.4 Å². The molecule has 5 heteroatoms. The van der Waals surface area contributed by atoms with E-state index >= 15 is 0 Å². The third-order valence-electron chi connectivity index (χ3n) is 3.14. The minimum Gasteiger partial charge on any atom is -0.484 e. The molecule has 102 valence electrons. The smallest absolute Gasteiger partial charge is 0.170 e. The molecule has 1 atom stereocenters. The van der Waals surface area contributed by atoms with Gasteiger partial charge in [0.25, 0.3) is 0 Å². The van der Waals surface area contributed by atoms with E-state index in [2.05, 4.69) is 0 Å². The van der Waals surface area contributed by atoms with Crippen LogP contribution in [0.25, 0.3) is 0 Å². The number of benzene rings is 2. The maximum Gasteiger partial charge on any atom is 0.170 e. The molecule has 0 saturated heterocycles. The number of carbonyl (C=O) groups is 1. The summed E-state index contributed by atoms with van der Waals surface area (Å²) in [7, 11) is 0. The number of Topliss-reactive ketones (excluding diaryl/α,β-unsaturated/α-hetero) is 1. The second-order valence-corrected chi connectivity index (χ2v) is 4.58. The molecule has 1 heterocycles. The van der Waals surface area contributed by atoms with Crippen molar-refractivity contribution in [3.05, 3.63) is 65.0 Å². The van der Waals surface area contributed by atoms with E-state index in [4.69, 9.17) is 4.74 Å². The van der Waals surface area contributed by atoms with E-state index in [0.29, 0.717) is 0 Å². The van der Waals surface area contributed by atoms with E-state index in [1.54, 1.807) is 0 Å². The number of halogens is 3. The second kappa shape index (κ2) is 4.67. The topological polar surface area (TPSA) is 26.3 Å². The zero-order valence-electron chi connectivity index (χ0n) is 10.2. The van der Waals surface area contributed by atoms with Crippen LogP contribution in [-0.2, 0) is 0 Å². The van der Waals surface area contributed by atoms with Crippen LogP contribution in [-0.4, -0.2) is 5.78 Å². The summed E-state index contributed by atoms with van der Waals surface area (Å²) in [6.45, 7) is 0. The highest BCUT2D eigenvalue weighted by Gasteiger charge is 2.28. The third-order valence-corrected chi connectivity index (χ3v) is 3.14. The van der Waals surface area contributed by atoms with Crippen molar-refractivity contribution in [1.82, 2.24) is 0 Å².